The summed E-state index contributed by atoms with van der Waals surface area (Å²) in [6.45, 7) is 0. The maximum atomic E-state index is 12.6. The van der Waals surface area contributed by atoms with Gasteiger partial charge < -0.3 is 10.6 Å². The van der Waals surface area contributed by atoms with Gasteiger partial charge in [-0.1, -0.05) is 60.7 Å². The summed E-state index contributed by atoms with van der Waals surface area (Å²) >= 11 is 0. The number of benzene rings is 2. The smallest absolute Gasteiger partial charge is 0.251 e. The van der Waals surface area contributed by atoms with Crippen LogP contribution in [0.25, 0.3) is 0 Å². The van der Waals surface area contributed by atoms with Crippen LogP contribution in [0.1, 0.15) is 33.6 Å². The Labute approximate surface area is 159 Å². The standard InChI is InChI=1S/C23H22N2O2/c26-21(17-9-3-1-4-10-17)24-19-13-7-15-23(19)16-8-14-20(23)25-22(27)18-11-5-2-6-12-18/h1-14,19-20H,15-16H2,(H,24,26)(H,25,27)/t19-,20+,23?. The first-order chi connectivity index (χ1) is 13.2. The van der Waals surface area contributed by atoms with Crippen LogP contribution in [0, 0.1) is 5.41 Å². The summed E-state index contributed by atoms with van der Waals surface area (Å²) < 4.78 is 0. The van der Waals surface area contributed by atoms with E-state index in [2.05, 4.69) is 34.9 Å². The van der Waals surface area contributed by atoms with E-state index in [1.54, 1.807) is 0 Å². The van der Waals surface area contributed by atoms with Gasteiger partial charge in [-0.3, -0.25) is 9.59 Å². The van der Waals surface area contributed by atoms with Crippen LogP contribution in [-0.4, -0.2) is 23.9 Å². The molecule has 4 rings (SSSR count). The summed E-state index contributed by atoms with van der Waals surface area (Å²) in [5.41, 5.74) is 1.04. The molecule has 4 nitrogen and oxygen atoms in total. The van der Waals surface area contributed by atoms with E-state index in [1.165, 1.54) is 0 Å². The Morgan fingerprint density at radius 3 is 1.52 bits per heavy atom. The van der Waals surface area contributed by atoms with Crippen molar-refractivity contribution >= 4 is 11.8 Å². The number of carbonyl (C=O) groups excluding carboxylic acids is 2. The van der Waals surface area contributed by atoms with Crippen molar-refractivity contribution in [3.05, 3.63) is 96.1 Å². The van der Waals surface area contributed by atoms with Crippen molar-refractivity contribution in [2.45, 2.75) is 24.9 Å². The highest BCUT2D eigenvalue weighted by atomic mass is 16.2. The van der Waals surface area contributed by atoms with Gasteiger partial charge in [0.2, 0.25) is 0 Å². The van der Waals surface area contributed by atoms with Gasteiger partial charge in [0.05, 0.1) is 12.1 Å². The highest BCUT2D eigenvalue weighted by molar-refractivity contribution is 5.95. The van der Waals surface area contributed by atoms with Crippen LogP contribution in [0.3, 0.4) is 0 Å². The fourth-order valence-corrected chi connectivity index (χ4v) is 4.03. The molecule has 0 fully saturated rings. The molecule has 1 unspecified atom stereocenters. The van der Waals surface area contributed by atoms with Crippen LogP contribution in [0.5, 0.6) is 0 Å². The van der Waals surface area contributed by atoms with E-state index in [0.717, 1.165) is 12.8 Å². The van der Waals surface area contributed by atoms with Gasteiger partial charge in [0.15, 0.2) is 0 Å². The minimum Gasteiger partial charge on any atom is -0.345 e. The lowest BCUT2D eigenvalue weighted by molar-refractivity contribution is 0.0861. The van der Waals surface area contributed by atoms with Crippen LogP contribution in [-0.2, 0) is 0 Å². The van der Waals surface area contributed by atoms with E-state index >= 15 is 0 Å². The molecule has 4 heteroatoms. The van der Waals surface area contributed by atoms with Crippen LogP contribution in [0.15, 0.2) is 85.0 Å². The highest BCUT2D eigenvalue weighted by Crippen LogP contribution is 2.45. The summed E-state index contributed by atoms with van der Waals surface area (Å²) in [5.74, 6) is -0.182. The van der Waals surface area contributed by atoms with Crippen molar-refractivity contribution < 1.29 is 9.59 Å². The summed E-state index contributed by atoms with van der Waals surface area (Å²) in [6, 6.07) is 18.2. The molecule has 0 aromatic heterocycles. The maximum absolute atomic E-state index is 12.6. The second-order valence-electron chi connectivity index (χ2n) is 7.13. The molecule has 2 amide bonds. The quantitative estimate of drug-likeness (QED) is 0.822. The van der Waals surface area contributed by atoms with E-state index in [9.17, 15) is 9.59 Å². The van der Waals surface area contributed by atoms with Gasteiger partial charge in [-0.25, -0.2) is 0 Å². The normalized spacial score (nSPS) is 25.6. The molecule has 136 valence electrons. The number of rotatable bonds is 4. The van der Waals surface area contributed by atoms with Crippen LogP contribution in [0.2, 0.25) is 0 Å². The number of carbonyl (C=O) groups is 2. The van der Waals surface area contributed by atoms with Gasteiger partial charge in [0.25, 0.3) is 11.8 Å². The molecule has 1 spiro atoms. The second kappa shape index (κ2) is 7.23. The molecule has 2 aliphatic carbocycles. The molecule has 0 bridgehead atoms. The summed E-state index contributed by atoms with van der Waals surface area (Å²) in [7, 11) is 0. The molecule has 0 saturated heterocycles. The fraction of sp³-hybridized carbons (Fsp3) is 0.217. The molecule has 3 atom stereocenters. The van der Waals surface area contributed by atoms with Crippen molar-refractivity contribution in [3.63, 3.8) is 0 Å². The molecule has 2 aromatic carbocycles. The average Bonchev–Trinajstić information content (AvgIpc) is 3.30. The third-order valence-corrected chi connectivity index (χ3v) is 5.54. The molecule has 2 N–H and O–H groups in total. The Balaban J connectivity index is 1.50. The Bertz CT molecular complexity index is 812. The number of hydrogen-bond donors (Lipinski definition) is 2. The van der Waals surface area contributed by atoms with E-state index in [-0.39, 0.29) is 29.3 Å². The monoisotopic (exact) mass is 358 g/mol. The molecular weight excluding hydrogens is 336 g/mol. The van der Waals surface area contributed by atoms with E-state index < -0.39 is 0 Å². The zero-order valence-corrected chi connectivity index (χ0v) is 15.0. The molecule has 2 aromatic rings. The third kappa shape index (κ3) is 3.31. The SMILES string of the molecule is O=C(N[C@H]1C=CCC12CC=C[C@H]2NC(=O)c1ccccc1)c1ccccc1. The Kier molecular flexibility index (Phi) is 4.63. The lowest BCUT2D eigenvalue weighted by Gasteiger charge is -2.38. The summed E-state index contributed by atoms with van der Waals surface area (Å²) in [5, 5.41) is 6.31. The molecule has 27 heavy (non-hydrogen) atoms. The largest absolute Gasteiger partial charge is 0.345 e. The van der Waals surface area contributed by atoms with Crippen molar-refractivity contribution in [3.8, 4) is 0 Å². The second-order valence-corrected chi connectivity index (χ2v) is 7.13. The predicted molar refractivity (Wildman–Crippen MR) is 105 cm³/mol. The number of nitrogens with one attached hydrogen (secondary N) is 2. The minimum absolute atomic E-state index is 0.0911. The molecule has 2 aliphatic rings. The Morgan fingerprint density at radius 1 is 0.704 bits per heavy atom. The first kappa shape index (κ1) is 17.3. The first-order valence-electron chi connectivity index (χ1n) is 9.24. The van der Waals surface area contributed by atoms with Gasteiger partial charge in [0.1, 0.15) is 0 Å². The van der Waals surface area contributed by atoms with E-state index in [4.69, 9.17) is 0 Å². The molecule has 0 aliphatic heterocycles. The molecule has 0 heterocycles. The predicted octanol–water partition coefficient (Wildman–Crippen LogP) is 3.49. The first-order valence-corrected chi connectivity index (χ1v) is 9.24. The topological polar surface area (TPSA) is 58.2 Å². The Morgan fingerprint density at radius 2 is 1.11 bits per heavy atom. The van der Waals surface area contributed by atoms with Crippen molar-refractivity contribution in [2.24, 2.45) is 5.41 Å². The van der Waals surface area contributed by atoms with E-state index in [0.29, 0.717) is 11.1 Å². The zero-order valence-electron chi connectivity index (χ0n) is 15.0. The van der Waals surface area contributed by atoms with Crippen LogP contribution in [0.4, 0.5) is 0 Å². The minimum atomic E-state index is -0.241. The lowest BCUT2D eigenvalue weighted by Crippen LogP contribution is -2.54. The van der Waals surface area contributed by atoms with Crippen molar-refractivity contribution in [1.82, 2.24) is 10.6 Å². The average molecular weight is 358 g/mol. The highest BCUT2D eigenvalue weighted by Gasteiger charge is 2.48. The zero-order chi connectivity index (χ0) is 18.7. The Hall–Kier alpha value is -3.14. The third-order valence-electron chi connectivity index (χ3n) is 5.54. The van der Waals surface area contributed by atoms with Crippen LogP contribution < -0.4 is 10.6 Å². The maximum Gasteiger partial charge on any atom is 0.251 e. The number of amides is 2. The van der Waals surface area contributed by atoms with Gasteiger partial charge in [-0.2, -0.15) is 0 Å². The van der Waals surface area contributed by atoms with Crippen LogP contribution >= 0.6 is 0 Å². The lowest BCUT2D eigenvalue weighted by atomic mass is 9.75. The van der Waals surface area contributed by atoms with Gasteiger partial charge in [-0.15, -0.1) is 0 Å². The number of hydrogen-bond acceptors (Lipinski definition) is 2. The van der Waals surface area contributed by atoms with Crippen molar-refractivity contribution in [1.29, 1.82) is 0 Å². The number of allylic oxidation sites excluding steroid dienone is 2. The summed E-state index contributed by atoms with van der Waals surface area (Å²) in [6.07, 6.45) is 9.94. The van der Waals surface area contributed by atoms with E-state index in [1.807, 2.05) is 60.7 Å². The fourth-order valence-electron chi connectivity index (χ4n) is 4.03. The van der Waals surface area contributed by atoms with Crippen molar-refractivity contribution in [2.75, 3.05) is 0 Å². The van der Waals surface area contributed by atoms with Gasteiger partial charge in [0, 0.05) is 16.5 Å². The molecule has 0 saturated carbocycles. The van der Waals surface area contributed by atoms with Gasteiger partial charge >= 0.3 is 0 Å². The molecular formula is C23H22N2O2. The van der Waals surface area contributed by atoms with Gasteiger partial charge in [-0.05, 0) is 37.1 Å². The summed E-state index contributed by atoms with van der Waals surface area (Å²) in [4.78, 5) is 25.3. The molecule has 0 radical (unpaired) electrons.